The summed E-state index contributed by atoms with van der Waals surface area (Å²) in [6.07, 6.45) is -4.37. The Morgan fingerprint density at radius 1 is 1.44 bits per heavy atom. The number of nitrogens with zero attached hydrogens (tertiary/aromatic N) is 1. The summed E-state index contributed by atoms with van der Waals surface area (Å²) in [7, 11) is 0. The Kier molecular flexibility index (Phi) is 3.74. The number of hydrogen-bond acceptors (Lipinski definition) is 3. The predicted octanol–water partition coefficient (Wildman–Crippen LogP) is 2.11. The molecule has 2 N–H and O–H groups in total. The lowest BCUT2D eigenvalue weighted by Gasteiger charge is -2.13. The van der Waals surface area contributed by atoms with Gasteiger partial charge in [-0.2, -0.15) is 18.4 Å². The Bertz CT molecular complexity index is 398. The summed E-state index contributed by atoms with van der Waals surface area (Å²) >= 11 is 0. The predicted molar refractivity (Wildman–Crippen MR) is 50.5 cm³/mol. The molecule has 0 amide bonds. The SMILES string of the molecule is N#CC(NCC(F)(F)F)c1cccc(O)c1. The fraction of sp³-hybridized carbons (Fsp3) is 0.300. The third-order valence-corrected chi connectivity index (χ3v) is 1.84. The van der Waals surface area contributed by atoms with E-state index in [9.17, 15) is 13.2 Å². The molecule has 0 aromatic heterocycles. The highest BCUT2D eigenvalue weighted by atomic mass is 19.4. The molecule has 0 saturated heterocycles. The fourth-order valence-electron chi connectivity index (χ4n) is 1.16. The van der Waals surface area contributed by atoms with Crippen LogP contribution >= 0.6 is 0 Å². The standard InChI is InChI=1S/C10H9F3N2O/c11-10(12,13)6-15-9(5-14)7-2-1-3-8(16)4-7/h1-4,9,15-16H,6H2. The molecule has 1 unspecified atom stereocenters. The first kappa shape index (κ1) is 12.3. The molecule has 0 aliphatic carbocycles. The van der Waals surface area contributed by atoms with Crippen molar-refractivity contribution < 1.29 is 18.3 Å². The van der Waals surface area contributed by atoms with Crippen molar-refractivity contribution in [3.05, 3.63) is 29.8 Å². The summed E-state index contributed by atoms with van der Waals surface area (Å²) < 4.78 is 35.8. The Hall–Kier alpha value is -1.74. The van der Waals surface area contributed by atoms with Gasteiger partial charge in [0, 0.05) is 0 Å². The van der Waals surface area contributed by atoms with E-state index < -0.39 is 18.8 Å². The molecule has 0 aliphatic heterocycles. The Labute approximate surface area is 90.1 Å². The summed E-state index contributed by atoms with van der Waals surface area (Å²) in [6, 6.07) is 6.16. The van der Waals surface area contributed by atoms with E-state index in [0.29, 0.717) is 5.56 Å². The molecule has 1 aromatic rings. The summed E-state index contributed by atoms with van der Waals surface area (Å²) in [5.74, 6) is -0.0911. The zero-order chi connectivity index (χ0) is 12.2. The Morgan fingerprint density at radius 2 is 2.12 bits per heavy atom. The largest absolute Gasteiger partial charge is 0.508 e. The number of rotatable bonds is 3. The van der Waals surface area contributed by atoms with Crippen molar-refractivity contribution in [1.29, 1.82) is 5.26 Å². The minimum absolute atomic E-state index is 0.0911. The number of halogens is 3. The molecule has 1 aromatic carbocycles. The molecule has 0 radical (unpaired) electrons. The van der Waals surface area contributed by atoms with Crippen molar-refractivity contribution in [2.24, 2.45) is 0 Å². The van der Waals surface area contributed by atoms with E-state index in [0.717, 1.165) is 0 Å². The molecule has 1 rings (SSSR count). The van der Waals surface area contributed by atoms with E-state index in [-0.39, 0.29) is 5.75 Å². The molecular weight excluding hydrogens is 221 g/mol. The molecule has 3 nitrogen and oxygen atoms in total. The lowest BCUT2D eigenvalue weighted by Crippen LogP contribution is -2.31. The fourth-order valence-corrected chi connectivity index (χ4v) is 1.16. The van der Waals surface area contributed by atoms with Gasteiger partial charge in [0.25, 0.3) is 0 Å². The van der Waals surface area contributed by atoms with Gasteiger partial charge in [-0.1, -0.05) is 12.1 Å². The van der Waals surface area contributed by atoms with E-state index in [1.54, 1.807) is 6.07 Å². The van der Waals surface area contributed by atoms with Crippen LogP contribution in [0.25, 0.3) is 0 Å². The second-order valence-electron chi connectivity index (χ2n) is 3.15. The number of aromatic hydroxyl groups is 1. The molecule has 0 bridgehead atoms. The van der Waals surface area contributed by atoms with Crippen LogP contribution < -0.4 is 5.32 Å². The topological polar surface area (TPSA) is 56.0 Å². The average molecular weight is 230 g/mol. The van der Waals surface area contributed by atoms with Gasteiger partial charge in [-0.25, -0.2) is 0 Å². The monoisotopic (exact) mass is 230 g/mol. The van der Waals surface area contributed by atoms with Gasteiger partial charge in [0.2, 0.25) is 0 Å². The normalized spacial score (nSPS) is 13.1. The van der Waals surface area contributed by atoms with Gasteiger partial charge in [0.05, 0.1) is 12.6 Å². The lowest BCUT2D eigenvalue weighted by atomic mass is 10.1. The van der Waals surface area contributed by atoms with Gasteiger partial charge in [0.1, 0.15) is 11.8 Å². The summed E-state index contributed by atoms with van der Waals surface area (Å²) in [4.78, 5) is 0. The highest BCUT2D eigenvalue weighted by molar-refractivity contribution is 5.32. The minimum Gasteiger partial charge on any atom is -0.508 e. The van der Waals surface area contributed by atoms with Crippen molar-refractivity contribution in [2.75, 3.05) is 6.54 Å². The van der Waals surface area contributed by atoms with Gasteiger partial charge in [-0.05, 0) is 17.7 Å². The maximum atomic E-state index is 11.9. The van der Waals surface area contributed by atoms with Gasteiger partial charge < -0.3 is 5.11 Å². The molecule has 0 aliphatic rings. The molecule has 0 spiro atoms. The Balaban J connectivity index is 2.73. The molecule has 1 atom stereocenters. The van der Waals surface area contributed by atoms with E-state index in [1.165, 1.54) is 24.3 Å². The van der Waals surface area contributed by atoms with Gasteiger partial charge in [0.15, 0.2) is 0 Å². The Morgan fingerprint density at radius 3 is 2.62 bits per heavy atom. The van der Waals surface area contributed by atoms with Crippen LogP contribution in [0.4, 0.5) is 13.2 Å². The molecule has 0 heterocycles. The zero-order valence-electron chi connectivity index (χ0n) is 8.12. The number of phenols is 1. The zero-order valence-corrected chi connectivity index (χ0v) is 8.12. The van der Waals surface area contributed by atoms with Crippen molar-refractivity contribution in [2.45, 2.75) is 12.2 Å². The molecule has 16 heavy (non-hydrogen) atoms. The van der Waals surface area contributed by atoms with Crippen LogP contribution in [-0.2, 0) is 0 Å². The number of benzene rings is 1. The van der Waals surface area contributed by atoms with E-state index >= 15 is 0 Å². The second-order valence-corrected chi connectivity index (χ2v) is 3.15. The molecular formula is C10H9F3N2O. The lowest BCUT2D eigenvalue weighted by molar-refractivity contribution is -0.125. The van der Waals surface area contributed by atoms with Crippen molar-refractivity contribution in [1.82, 2.24) is 5.32 Å². The molecule has 6 heteroatoms. The van der Waals surface area contributed by atoms with Crippen LogP contribution in [0.1, 0.15) is 11.6 Å². The van der Waals surface area contributed by atoms with Gasteiger partial charge in [-0.15, -0.1) is 0 Å². The van der Waals surface area contributed by atoms with Crippen LogP contribution in [0, 0.1) is 11.3 Å². The number of hydrogen-bond donors (Lipinski definition) is 2. The average Bonchev–Trinajstić information content (AvgIpc) is 2.17. The third-order valence-electron chi connectivity index (χ3n) is 1.84. The number of nitriles is 1. The highest BCUT2D eigenvalue weighted by Gasteiger charge is 2.28. The highest BCUT2D eigenvalue weighted by Crippen LogP contribution is 2.19. The van der Waals surface area contributed by atoms with E-state index in [4.69, 9.17) is 10.4 Å². The number of nitrogens with one attached hydrogen (secondary N) is 1. The number of phenolic OH excluding ortho intramolecular Hbond substituents is 1. The summed E-state index contributed by atoms with van der Waals surface area (Å²) in [6.45, 7) is -1.25. The van der Waals surface area contributed by atoms with E-state index in [2.05, 4.69) is 5.32 Å². The molecule has 0 fully saturated rings. The van der Waals surface area contributed by atoms with Crippen LogP contribution in [0.5, 0.6) is 5.75 Å². The molecule has 86 valence electrons. The first-order chi connectivity index (χ1) is 7.42. The minimum atomic E-state index is -4.37. The van der Waals surface area contributed by atoms with Crippen molar-refractivity contribution in [3.8, 4) is 11.8 Å². The summed E-state index contributed by atoms with van der Waals surface area (Å²) in [5.41, 5.74) is 0.298. The maximum absolute atomic E-state index is 11.9. The molecule has 0 saturated carbocycles. The van der Waals surface area contributed by atoms with Crippen LogP contribution in [0.2, 0.25) is 0 Å². The first-order valence-corrected chi connectivity index (χ1v) is 4.41. The second kappa shape index (κ2) is 4.86. The maximum Gasteiger partial charge on any atom is 0.401 e. The van der Waals surface area contributed by atoms with Gasteiger partial charge >= 0.3 is 6.18 Å². The smallest absolute Gasteiger partial charge is 0.401 e. The van der Waals surface area contributed by atoms with Crippen LogP contribution in [-0.4, -0.2) is 17.8 Å². The van der Waals surface area contributed by atoms with E-state index in [1.807, 2.05) is 0 Å². The van der Waals surface area contributed by atoms with Crippen molar-refractivity contribution >= 4 is 0 Å². The number of alkyl halides is 3. The van der Waals surface area contributed by atoms with Crippen molar-refractivity contribution in [3.63, 3.8) is 0 Å². The van der Waals surface area contributed by atoms with Crippen LogP contribution in [0.3, 0.4) is 0 Å². The van der Waals surface area contributed by atoms with Crippen LogP contribution in [0.15, 0.2) is 24.3 Å². The quantitative estimate of drug-likeness (QED) is 0.836. The first-order valence-electron chi connectivity index (χ1n) is 4.41. The summed E-state index contributed by atoms with van der Waals surface area (Å²) in [5, 5.41) is 19.9. The van der Waals surface area contributed by atoms with Gasteiger partial charge in [-0.3, -0.25) is 5.32 Å². The third kappa shape index (κ3) is 3.79.